The molecule has 3 aromatic carbocycles. The number of carbonyl (C=O) groups is 1. The second-order valence-corrected chi connectivity index (χ2v) is 6.79. The molecule has 1 aliphatic rings. The van der Waals surface area contributed by atoms with Gasteiger partial charge in [-0.25, -0.2) is 4.39 Å². The molecule has 1 unspecified atom stereocenters. The van der Waals surface area contributed by atoms with Gasteiger partial charge in [0.1, 0.15) is 5.82 Å². The Morgan fingerprint density at radius 2 is 1.69 bits per heavy atom. The van der Waals surface area contributed by atoms with E-state index in [1.807, 2.05) is 42.5 Å². The molecule has 26 heavy (non-hydrogen) atoms. The quantitative estimate of drug-likeness (QED) is 0.606. The molecule has 0 radical (unpaired) electrons. The number of benzene rings is 3. The lowest BCUT2D eigenvalue weighted by Gasteiger charge is -2.38. The summed E-state index contributed by atoms with van der Waals surface area (Å²) in [6.07, 6.45) is 0.762. The normalized spacial score (nSPS) is 16.2. The van der Waals surface area contributed by atoms with E-state index in [4.69, 9.17) is 11.6 Å². The van der Waals surface area contributed by atoms with Crippen molar-refractivity contribution in [3.05, 3.63) is 106 Å². The minimum Gasteiger partial charge on any atom is -0.327 e. The molecule has 2 nitrogen and oxygen atoms in total. The van der Waals surface area contributed by atoms with Crippen molar-refractivity contribution in [2.45, 2.75) is 12.5 Å². The molecule has 4 heteroatoms. The second-order valence-electron chi connectivity index (χ2n) is 6.38. The van der Waals surface area contributed by atoms with Crippen molar-refractivity contribution in [1.82, 2.24) is 4.90 Å². The summed E-state index contributed by atoms with van der Waals surface area (Å²) in [5, 5.41) is 0.617. The minimum absolute atomic E-state index is 0.191. The van der Waals surface area contributed by atoms with E-state index in [0.717, 1.165) is 17.5 Å². The molecule has 4 rings (SSSR count). The highest BCUT2D eigenvalue weighted by atomic mass is 35.5. The molecule has 0 bridgehead atoms. The van der Waals surface area contributed by atoms with Gasteiger partial charge in [-0.15, -0.1) is 0 Å². The number of hydrogen-bond acceptors (Lipinski definition) is 1. The van der Waals surface area contributed by atoms with Crippen LogP contribution in [0.1, 0.15) is 33.1 Å². The van der Waals surface area contributed by atoms with Crippen molar-refractivity contribution in [1.29, 1.82) is 0 Å². The average molecular weight is 366 g/mol. The fourth-order valence-electron chi connectivity index (χ4n) is 3.60. The first-order valence-electron chi connectivity index (χ1n) is 8.54. The van der Waals surface area contributed by atoms with Crippen molar-refractivity contribution in [2.24, 2.45) is 0 Å². The molecule has 1 heterocycles. The largest absolute Gasteiger partial charge is 0.327 e. The van der Waals surface area contributed by atoms with Gasteiger partial charge in [-0.3, -0.25) is 4.79 Å². The number of hydrogen-bond donors (Lipinski definition) is 0. The summed E-state index contributed by atoms with van der Waals surface area (Å²) in [5.74, 6) is -0.605. The lowest BCUT2D eigenvalue weighted by atomic mass is 9.87. The fraction of sp³-hybridized carbons (Fsp3) is 0.136. The third kappa shape index (κ3) is 2.99. The molecule has 0 fully saturated rings. The first-order chi connectivity index (χ1) is 12.6. The predicted octanol–water partition coefficient (Wildman–Crippen LogP) is 5.27. The van der Waals surface area contributed by atoms with Crippen molar-refractivity contribution < 1.29 is 9.18 Å². The predicted molar refractivity (Wildman–Crippen MR) is 101 cm³/mol. The van der Waals surface area contributed by atoms with Gasteiger partial charge < -0.3 is 4.90 Å². The van der Waals surface area contributed by atoms with Crippen LogP contribution in [0.15, 0.2) is 72.8 Å². The maximum absolute atomic E-state index is 13.6. The van der Waals surface area contributed by atoms with E-state index in [-0.39, 0.29) is 11.9 Å². The molecule has 130 valence electrons. The van der Waals surface area contributed by atoms with Crippen LogP contribution in [0.25, 0.3) is 0 Å². The number of rotatable bonds is 2. The number of halogens is 2. The van der Waals surface area contributed by atoms with Crippen LogP contribution in [0.5, 0.6) is 0 Å². The van der Waals surface area contributed by atoms with E-state index in [9.17, 15) is 9.18 Å². The number of nitrogens with zero attached hydrogens (tertiary/aromatic N) is 1. The molecule has 0 saturated heterocycles. The lowest BCUT2D eigenvalue weighted by Crippen LogP contribution is -2.40. The van der Waals surface area contributed by atoms with E-state index in [1.165, 1.54) is 17.7 Å². The monoisotopic (exact) mass is 365 g/mol. The zero-order valence-corrected chi connectivity index (χ0v) is 14.8. The van der Waals surface area contributed by atoms with Crippen LogP contribution in [-0.4, -0.2) is 17.4 Å². The molecule has 1 aliphatic heterocycles. The standard InChI is InChI=1S/C22H17ClFNO/c23-20-11-4-3-10-19(20)21-18-9-2-1-6-15(18)12-13-25(21)22(26)16-7-5-8-17(24)14-16/h1-11,14,21H,12-13H2. The van der Waals surface area contributed by atoms with Crippen LogP contribution < -0.4 is 0 Å². The summed E-state index contributed by atoms with van der Waals surface area (Å²) >= 11 is 6.47. The summed E-state index contributed by atoms with van der Waals surface area (Å²) in [4.78, 5) is 15.0. The third-order valence-corrected chi connectivity index (χ3v) is 5.16. The molecule has 0 spiro atoms. The van der Waals surface area contributed by atoms with Crippen LogP contribution >= 0.6 is 11.6 Å². The lowest BCUT2D eigenvalue weighted by molar-refractivity contribution is 0.0694. The summed E-state index contributed by atoms with van der Waals surface area (Å²) in [6.45, 7) is 0.558. The highest BCUT2D eigenvalue weighted by molar-refractivity contribution is 6.31. The molecule has 0 aliphatic carbocycles. The topological polar surface area (TPSA) is 20.3 Å². The first-order valence-corrected chi connectivity index (χ1v) is 8.92. The van der Waals surface area contributed by atoms with E-state index in [1.54, 1.807) is 17.0 Å². The molecule has 1 amide bonds. The van der Waals surface area contributed by atoms with Gasteiger partial charge in [0.05, 0.1) is 6.04 Å². The Balaban J connectivity index is 1.83. The highest BCUT2D eigenvalue weighted by Crippen LogP contribution is 2.38. The van der Waals surface area contributed by atoms with E-state index < -0.39 is 5.82 Å². The number of amides is 1. The molecular weight excluding hydrogens is 349 g/mol. The SMILES string of the molecule is O=C(c1cccc(F)c1)N1CCc2ccccc2C1c1ccccc1Cl. The fourth-order valence-corrected chi connectivity index (χ4v) is 3.84. The Morgan fingerprint density at radius 1 is 0.962 bits per heavy atom. The molecule has 3 aromatic rings. The highest BCUT2D eigenvalue weighted by Gasteiger charge is 2.33. The van der Waals surface area contributed by atoms with Crippen molar-refractivity contribution in [3.63, 3.8) is 0 Å². The van der Waals surface area contributed by atoms with Gasteiger partial charge in [-0.1, -0.05) is 60.1 Å². The Bertz CT molecular complexity index is 972. The van der Waals surface area contributed by atoms with E-state index in [2.05, 4.69) is 6.07 Å². The molecule has 0 aromatic heterocycles. The van der Waals surface area contributed by atoms with Crippen molar-refractivity contribution in [2.75, 3.05) is 6.54 Å². The Hall–Kier alpha value is -2.65. The maximum Gasteiger partial charge on any atom is 0.254 e. The van der Waals surface area contributed by atoms with E-state index >= 15 is 0 Å². The summed E-state index contributed by atoms with van der Waals surface area (Å²) in [7, 11) is 0. The van der Waals surface area contributed by atoms with Gasteiger partial charge in [-0.2, -0.15) is 0 Å². The summed E-state index contributed by atoms with van der Waals surface area (Å²) in [6, 6.07) is 21.2. The Morgan fingerprint density at radius 3 is 2.46 bits per heavy atom. The van der Waals surface area contributed by atoms with Gasteiger partial charge >= 0.3 is 0 Å². The smallest absolute Gasteiger partial charge is 0.254 e. The van der Waals surface area contributed by atoms with Crippen LogP contribution in [0.2, 0.25) is 5.02 Å². The molecular formula is C22H17ClFNO. The third-order valence-electron chi connectivity index (χ3n) is 4.82. The van der Waals surface area contributed by atoms with Crippen molar-refractivity contribution >= 4 is 17.5 Å². The average Bonchev–Trinajstić information content (AvgIpc) is 2.67. The molecule has 0 N–H and O–H groups in total. The molecule has 0 saturated carbocycles. The number of fused-ring (bicyclic) bond motifs is 1. The first kappa shape index (κ1) is 16.8. The van der Waals surface area contributed by atoms with Gasteiger partial charge in [-0.05, 0) is 47.4 Å². The Labute approximate surface area is 156 Å². The summed E-state index contributed by atoms with van der Waals surface area (Å²) in [5.41, 5.74) is 3.50. The van der Waals surface area contributed by atoms with Gasteiger partial charge in [0.15, 0.2) is 0 Å². The molecule has 1 atom stereocenters. The van der Waals surface area contributed by atoms with Gasteiger partial charge in [0, 0.05) is 17.1 Å². The van der Waals surface area contributed by atoms with Crippen LogP contribution in [0.3, 0.4) is 0 Å². The van der Waals surface area contributed by atoms with Gasteiger partial charge in [0.25, 0.3) is 5.91 Å². The van der Waals surface area contributed by atoms with Crippen molar-refractivity contribution in [3.8, 4) is 0 Å². The van der Waals surface area contributed by atoms with Gasteiger partial charge in [0.2, 0.25) is 0 Å². The minimum atomic E-state index is -0.414. The maximum atomic E-state index is 13.6. The van der Waals surface area contributed by atoms with Crippen LogP contribution in [-0.2, 0) is 6.42 Å². The van der Waals surface area contributed by atoms with Crippen LogP contribution in [0, 0.1) is 5.82 Å². The Kier molecular flexibility index (Phi) is 4.48. The zero-order valence-electron chi connectivity index (χ0n) is 14.0. The zero-order chi connectivity index (χ0) is 18.1. The second kappa shape index (κ2) is 6.93. The van der Waals surface area contributed by atoms with E-state index in [0.29, 0.717) is 17.1 Å². The van der Waals surface area contributed by atoms with Crippen LogP contribution in [0.4, 0.5) is 4.39 Å². The number of carbonyl (C=O) groups excluding carboxylic acids is 1. The summed E-state index contributed by atoms with van der Waals surface area (Å²) < 4.78 is 13.6.